The van der Waals surface area contributed by atoms with E-state index in [4.69, 9.17) is 4.74 Å². The maximum Gasteiger partial charge on any atom is 0.255 e. The topological polar surface area (TPSA) is 38.3 Å². The smallest absolute Gasteiger partial charge is 0.255 e. The van der Waals surface area contributed by atoms with Crippen LogP contribution in [0.3, 0.4) is 0 Å². The van der Waals surface area contributed by atoms with Gasteiger partial charge in [0, 0.05) is 27.5 Å². The number of amides is 1. The van der Waals surface area contributed by atoms with Crippen LogP contribution in [0.5, 0.6) is 5.75 Å². The fourth-order valence-corrected chi connectivity index (χ4v) is 3.38. The average Bonchev–Trinajstić information content (AvgIpc) is 2.67. The largest absolute Gasteiger partial charge is 0.496 e. The standard InChI is InChI=1S/C21H18FNO2S/c1-25-20-11-10-15(21(24)23-18-7-5-6-17(22)13-18)12-16(20)14-26-19-8-3-2-4-9-19/h2-13H,14H2,1H3,(H,23,24). The molecule has 3 rings (SSSR count). The maximum atomic E-state index is 13.3. The van der Waals surface area contributed by atoms with Gasteiger partial charge in [-0.3, -0.25) is 4.79 Å². The Morgan fingerprint density at radius 3 is 2.58 bits per heavy atom. The minimum absolute atomic E-state index is 0.288. The van der Waals surface area contributed by atoms with Crippen LogP contribution in [0, 0.1) is 5.82 Å². The van der Waals surface area contributed by atoms with Gasteiger partial charge in [-0.2, -0.15) is 0 Å². The number of nitrogens with one attached hydrogen (secondary N) is 1. The van der Waals surface area contributed by atoms with Crippen LogP contribution in [-0.4, -0.2) is 13.0 Å². The van der Waals surface area contributed by atoms with Gasteiger partial charge in [0.05, 0.1) is 7.11 Å². The zero-order valence-corrected chi connectivity index (χ0v) is 15.1. The number of ether oxygens (including phenoxy) is 1. The summed E-state index contributed by atoms with van der Waals surface area (Å²) < 4.78 is 18.7. The van der Waals surface area contributed by atoms with E-state index in [1.807, 2.05) is 36.4 Å². The van der Waals surface area contributed by atoms with Crippen LogP contribution in [0.1, 0.15) is 15.9 Å². The number of benzene rings is 3. The molecular weight excluding hydrogens is 349 g/mol. The first-order valence-corrected chi connectivity index (χ1v) is 9.06. The van der Waals surface area contributed by atoms with Crippen LogP contribution in [-0.2, 0) is 5.75 Å². The van der Waals surface area contributed by atoms with Gasteiger partial charge in [-0.1, -0.05) is 24.3 Å². The molecule has 1 N–H and O–H groups in total. The summed E-state index contributed by atoms with van der Waals surface area (Å²) in [7, 11) is 1.61. The minimum Gasteiger partial charge on any atom is -0.496 e. The molecule has 1 amide bonds. The third kappa shape index (κ3) is 4.64. The molecule has 0 saturated carbocycles. The molecule has 5 heteroatoms. The summed E-state index contributed by atoms with van der Waals surface area (Å²) in [4.78, 5) is 13.6. The number of carbonyl (C=O) groups excluding carboxylic acids is 1. The summed E-state index contributed by atoms with van der Waals surface area (Å²) in [5.41, 5.74) is 1.85. The molecule has 0 bridgehead atoms. The number of carbonyl (C=O) groups is 1. The maximum absolute atomic E-state index is 13.3. The van der Waals surface area contributed by atoms with Gasteiger partial charge in [0.1, 0.15) is 11.6 Å². The Morgan fingerprint density at radius 2 is 1.85 bits per heavy atom. The zero-order valence-electron chi connectivity index (χ0n) is 14.2. The number of hydrogen-bond donors (Lipinski definition) is 1. The van der Waals surface area contributed by atoms with Gasteiger partial charge in [0.2, 0.25) is 0 Å². The van der Waals surface area contributed by atoms with E-state index >= 15 is 0 Å². The molecule has 3 aromatic carbocycles. The lowest BCUT2D eigenvalue weighted by Crippen LogP contribution is -2.12. The number of hydrogen-bond acceptors (Lipinski definition) is 3. The third-order valence-electron chi connectivity index (χ3n) is 3.76. The van der Waals surface area contributed by atoms with Crippen LogP contribution >= 0.6 is 11.8 Å². The molecule has 0 aliphatic rings. The summed E-state index contributed by atoms with van der Waals surface area (Å²) in [5, 5.41) is 2.71. The lowest BCUT2D eigenvalue weighted by molar-refractivity contribution is 0.102. The van der Waals surface area contributed by atoms with Crippen molar-refractivity contribution >= 4 is 23.4 Å². The highest BCUT2D eigenvalue weighted by Crippen LogP contribution is 2.29. The SMILES string of the molecule is COc1ccc(C(=O)Nc2cccc(F)c2)cc1CSc1ccccc1. The second kappa shape index (κ2) is 8.54. The van der Waals surface area contributed by atoms with Crippen molar-refractivity contribution in [1.29, 1.82) is 0 Å². The molecule has 3 aromatic rings. The van der Waals surface area contributed by atoms with E-state index in [1.54, 1.807) is 43.1 Å². The quantitative estimate of drug-likeness (QED) is 0.595. The monoisotopic (exact) mass is 367 g/mol. The van der Waals surface area contributed by atoms with Crippen molar-refractivity contribution in [3.05, 3.63) is 89.7 Å². The molecule has 0 aliphatic carbocycles. The fourth-order valence-electron chi connectivity index (χ4n) is 2.48. The van der Waals surface area contributed by atoms with Crippen molar-refractivity contribution in [1.82, 2.24) is 0 Å². The molecule has 0 unspecified atom stereocenters. The Morgan fingerprint density at radius 1 is 1.04 bits per heavy atom. The molecule has 0 fully saturated rings. The van der Waals surface area contributed by atoms with E-state index in [-0.39, 0.29) is 5.91 Å². The van der Waals surface area contributed by atoms with E-state index in [1.165, 1.54) is 12.1 Å². The summed E-state index contributed by atoms with van der Waals surface area (Å²) in [5.74, 6) is 0.728. The van der Waals surface area contributed by atoms with E-state index in [0.29, 0.717) is 17.0 Å². The second-order valence-corrected chi connectivity index (χ2v) is 6.64. The molecule has 132 valence electrons. The van der Waals surface area contributed by atoms with Gasteiger partial charge >= 0.3 is 0 Å². The molecule has 3 nitrogen and oxygen atoms in total. The first-order chi connectivity index (χ1) is 12.7. The van der Waals surface area contributed by atoms with Crippen LogP contribution in [0.25, 0.3) is 0 Å². The first kappa shape index (κ1) is 18.0. The minimum atomic E-state index is -0.391. The summed E-state index contributed by atoms with van der Waals surface area (Å²) in [6.07, 6.45) is 0. The molecule has 26 heavy (non-hydrogen) atoms. The molecule has 0 atom stereocenters. The van der Waals surface area contributed by atoms with Gasteiger partial charge in [-0.05, 0) is 48.5 Å². The number of methoxy groups -OCH3 is 1. The van der Waals surface area contributed by atoms with E-state index in [2.05, 4.69) is 5.32 Å². The van der Waals surface area contributed by atoms with Crippen molar-refractivity contribution in [2.24, 2.45) is 0 Å². The summed E-state index contributed by atoms with van der Waals surface area (Å²) in [6.45, 7) is 0. The van der Waals surface area contributed by atoms with Crippen LogP contribution in [0.15, 0.2) is 77.7 Å². The number of rotatable bonds is 6. The van der Waals surface area contributed by atoms with Crippen molar-refractivity contribution in [3.63, 3.8) is 0 Å². The average molecular weight is 367 g/mol. The van der Waals surface area contributed by atoms with Gasteiger partial charge in [-0.15, -0.1) is 11.8 Å². The Labute approximate surface area is 156 Å². The molecule has 0 saturated heterocycles. The highest BCUT2D eigenvalue weighted by Gasteiger charge is 2.11. The Hall–Kier alpha value is -2.79. The Kier molecular flexibility index (Phi) is 5.92. The normalized spacial score (nSPS) is 10.4. The molecule has 0 spiro atoms. The summed E-state index contributed by atoms with van der Waals surface area (Å²) >= 11 is 1.67. The van der Waals surface area contributed by atoms with Crippen LogP contribution < -0.4 is 10.1 Å². The highest BCUT2D eigenvalue weighted by atomic mass is 32.2. The van der Waals surface area contributed by atoms with Gasteiger partial charge < -0.3 is 10.1 Å². The van der Waals surface area contributed by atoms with E-state index in [0.717, 1.165) is 16.2 Å². The number of anilines is 1. The van der Waals surface area contributed by atoms with E-state index < -0.39 is 5.82 Å². The Balaban J connectivity index is 1.76. The summed E-state index contributed by atoms with van der Waals surface area (Å²) in [6, 6.07) is 21.1. The van der Waals surface area contributed by atoms with Gasteiger partial charge in [-0.25, -0.2) is 4.39 Å². The Bertz CT molecular complexity index is 900. The fraction of sp³-hybridized carbons (Fsp3) is 0.0952. The van der Waals surface area contributed by atoms with Crippen LogP contribution in [0.4, 0.5) is 10.1 Å². The van der Waals surface area contributed by atoms with Crippen molar-refractivity contribution in [2.75, 3.05) is 12.4 Å². The van der Waals surface area contributed by atoms with Crippen LogP contribution in [0.2, 0.25) is 0 Å². The lowest BCUT2D eigenvalue weighted by Gasteiger charge is -2.11. The number of thioether (sulfide) groups is 1. The van der Waals surface area contributed by atoms with Crippen molar-refractivity contribution < 1.29 is 13.9 Å². The lowest BCUT2D eigenvalue weighted by atomic mass is 10.1. The highest BCUT2D eigenvalue weighted by molar-refractivity contribution is 7.98. The first-order valence-electron chi connectivity index (χ1n) is 8.07. The molecule has 0 heterocycles. The predicted molar refractivity (Wildman–Crippen MR) is 103 cm³/mol. The van der Waals surface area contributed by atoms with Crippen molar-refractivity contribution in [2.45, 2.75) is 10.6 Å². The second-order valence-electron chi connectivity index (χ2n) is 5.59. The van der Waals surface area contributed by atoms with Crippen molar-refractivity contribution in [3.8, 4) is 5.75 Å². The molecule has 0 aliphatic heterocycles. The molecule has 0 radical (unpaired) electrons. The third-order valence-corrected chi connectivity index (χ3v) is 4.82. The number of halogens is 1. The molecule has 0 aromatic heterocycles. The zero-order chi connectivity index (χ0) is 18.4. The predicted octanol–water partition coefficient (Wildman–Crippen LogP) is 5.38. The van der Waals surface area contributed by atoms with Gasteiger partial charge in [0.25, 0.3) is 5.91 Å². The molecular formula is C21H18FNO2S. The van der Waals surface area contributed by atoms with E-state index in [9.17, 15) is 9.18 Å². The van der Waals surface area contributed by atoms with Gasteiger partial charge in [0.15, 0.2) is 0 Å².